The number of benzene rings is 2. The van der Waals surface area contributed by atoms with Gasteiger partial charge in [-0.1, -0.05) is 63.2 Å². The SMILES string of the molecule is [2H]c1cc(C([2H])([2H])[2H])c(C([2H])([2H])[2H])c([2H])c1CCCc1ccc(C(C)(C)C)cc1. The Kier molecular flexibility index (Phi) is 2.52. The maximum atomic E-state index is 8.31. The van der Waals surface area contributed by atoms with Crippen LogP contribution < -0.4 is 0 Å². The van der Waals surface area contributed by atoms with Gasteiger partial charge in [-0.3, -0.25) is 0 Å². The topological polar surface area (TPSA) is 0 Å². The Hall–Kier alpha value is -1.56. The van der Waals surface area contributed by atoms with E-state index in [-0.39, 0.29) is 23.1 Å². The van der Waals surface area contributed by atoms with Crippen molar-refractivity contribution in [1.29, 1.82) is 0 Å². The van der Waals surface area contributed by atoms with Gasteiger partial charge in [-0.05, 0) is 66.2 Å². The molecule has 0 saturated heterocycles. The molecule has 2 aromatic carbocycles. The number of hydrogen-bond donors (Lipinski definition) is 0. The Morgan fingerprint density at radius 3 is 2.19 bits per heavy atom. The summed E-state index contributed by atoms with van der Waals surface area (Å²) >= 11 is 0. The van der Waals surface area contributed by atoms with Crippen molar-refractivity contribution < 1.29 is 11.0 Å². The molecule has 0 aliphatic heterocycles. The molecule has 0 saturated carbocycles. The molecule has 0 aromatic heterocycles. The second-order valence-corrected chi connectivity index (χ2v) is 6.48. The predicted octanol–water partition coefficient (Wildman–Crippen LogP) is 5.78. The lowest BCUT2D eigenvalue weighted by molar-refractivity contribution is 0.590. The number of aryl methyl sites for hydroxylation is 2. The van der Waals surface area contributed by atoms with Crippen LogP contribution in [0.25, 0.3) is 0 Å². The minimum atomic E-state index is -2.72. The van der Waals surface area contributed by atoms with Gasteiger partial charge >= 0.3 is 0 Å². The zero-order chi connectivity index (χ0) is 22.2. The van der Waals surface area contributed by atoms with Gasteiger partial charge in [0.25, 0.3) is 0 Å². The van der Waals surface area contributed by atoms with E-state index < -0.39 is 24.8 Å². The third kappa shape index (κ3) is 4.46. The van der Waals surface area contributed by atoms with Crippen molar-refractivity contribution in [3.63, 3.8) is 0 Å². The first-order valence-electron chi connectivity index (χ1n) is 11.4. The maximum Gasteiger partial charge on any atom is 0.0629 e. The van der Waals surface area contributed by atoms with Crippen LogP contribution in [0.3, 0.4) is 0 Å². The van der Waals surface area contributed by atoms with Gasteiger partial charge in [-0.2, -0.15) is 0 Å². The largest absolute Gasteiger partial charge is 0.0629 e. The summed E-state index contributed by atoms with van der Waals surface area (Å²) in [6.07, 6.45) is 1.72. The minimum Gasteiger partial charge on any atom is -0.0588 e. The van der Waals surface area contributed by atoms with E-state index in [1.54, 1.807) is 0 Å². The highest BCUT2D eigenvalue weighted by Crippen LogP contribution is 2.22. The molecule has 0 heterocycles. The third-order valence-electron chi connectivity index (χ3n) is 3.65. The zero-order valence-corrected chi connectivity index (χ0v) is 13.0. The maximum absolute atomic E-state index is 8.31. The van der Waals surface area contributed by atoms with Crippen molar-refractivity contribution in [3.05, 3.63) is 70.2 Å². The number of hydrogen-bond acceptors (Lipinski definition) is 0. The summed E-state index contributed by atoms with van der Waals surface area (Å²) in [5.74, 6) is 0. The molecule has 0 unspecified atom stereocenters. The summed E-state index contributed by atoms with van der Waals surface area (Å²) < 4.78 is 62.3. The van der Waals surface area contributed by atoms with Crippen LogP contribution in [0.5, 0.6) is 0 Å². The zero-order valence-electron chi connectivity index (χ0n) is 21.0. The van der Waals surface area contributed by atoms with Crippen LogP contribution in [0, 0.1) is 13.7 Å². The molecule has 0 fully saturated rings. The molecule has 0 heteroatoms. The lowest BCUT2D eigenvalue weighted by atomic mass is 9.86. The van der Waals surface area contributed by atoms with E-state index in [1.165, 1.54) is 5.56 Å². The van der Waals surface area contributed by atoms with E-state index in [0.29, 0.717) is 12.8 Å². The normalized spacial score (nSPS) is 18.4. The highest BCUT2D eigenvalue weighted by Gasteiger charge is 2.12. The molecule has 0 N–H and O–H groups in total. The predicted molar refractivity (Wildman–Crippen MR) is 93.1 cm³/mol. The monoisotopic (exact) mass is 288 g/mol. The van der Waals surface area contributed by atoms with Gasteiger partial charge in [-0.25, -0.2) is 0 Å². The number of rotatable bonds is 4. The van der Waals surface area contributed by atoms with Crippen LogP contribution in [0.2, 0.25) is 0 Å². The van der Waals surface area contributed by atoms with Crippen molar-refractivity contribution in [2.24, 2.45) is 0 Å². The third-order valence-corrected chi connectivity index (χ3v) is 3.65. The van der Waals surface area contributed by atoms with E-state index in [1.807, 2.05) is 0 Å². The second-order valence-electron chi connectivity index (χ2n) is 6.48. The van der Waals surface area contributed by atoms with E-state index in [0.717, 1.165) is 18.1 Å². The summed E-state index contributed by atoms with van der Waals surface area (Å²) in [7, 11) is 0. The molecule has 2 rings (SSSR count). The highest BCUT2D eigenvalue weighted by molar-refractivity contribution is 5.30. The Balaban J connectivity index is 2.25. The van der Waals surface area contributed by atoms with Crippen molar-refractivity contribution >= 4 is 0 Å². The van der Waals surface area contributed by atoms with Crippen molar-refractivity contribution in [1.82, 2.24) is 0 Å². The minimum absolute atomic E-state index is 0.0783. The molecule has 0 amide bonds. The molecule has 112 valence electrons. The standard InChI is InChI=1S/C21H28/c1-16-9-10-19(15-17(16)2)8-6-7-18-11-13-20(14-12-18)21(3,4)5/h9-15H,6-8H2,1-5H3/i1D3,2D3,10D,15D. The lowest BCUT2D eigenvalue weighted by Crippen LogP contribution is -2.10. The van der Waals surface area contributed by atoms with E-state index in [9.17, 15) is 0 Å². The van der Waals surface area contributed by atoms with Crippen LogP contribution in [-0.2, 0) is 18.3 Å². The Labute approximate surface area is 141 Å². The van der Waals surface area contributed by atoms with Crippen LogP contribution >= 0.6 is 0 Å². The molecule has 0 radical (unpaired) electrons. The quantitative estimate of drug-likeness (QED) is 0.669. The first-order valence-corrected chi connectivity index (χ1v) is 7.36. The molecule has 2 aromatic rings. The van der Waals surface area contributed by atoms with Crippen LogP contribution in [0.1, 0.15) is 66.0 Å². The van der Waals surface area contributed by atoms with Gasteiger partial charge in [0.1, 0.15) is 0 Å². The van der Waals surface area contributed by atoms with Gasteiger partial charge < -0.3 is 0 Å². The Morgan fingerprint density at radius 2 is 1.57 bits per heavy atom. The van der Waals surface area contributed by atoms with Gasteiger partial charge in [-0.15, -0.1) is 0 Å². The summed E-state index contributed by atoms with van der Waals surface area (Å²) in [6.45, 7) is 1.06. The second kappa shape index (κ2) is 6.47. The molecule has 21 heavy (non-hydrogen) atoms. The molecular formula is C21H28. The van der Waals surface area contributed by atoms with Crippen LogP contribution in [-0.4, -0.2) is 0 Å². The van der Waals surface area contributed by atoms with Crippen molar-refractivity contribution in [2.75, 3.05) is 0 Å². The van der Waals surface area contributed by atoms with E-state index in [2.05, 4.69) is 45.0 Å². The van der Waals surface area contributed by atoms with Crippen molar-refractivity contribution in [3.8, 4) is 0 Å². The van der Waals surface area contributed by atoms with E-state index >= 15 is 0 Å². The molecule has 0 atom stereocenters. The van der Waals surface area contributed by atoms with E-state index in [4.69, 9.17) is 11.0 Å². The summed E-state index contributed by atoms with van der Waals surface area (Å²) in [5, 5.41) is 0. The average molecular weight is 289 g/mol. The smallest absolute Gasteiger partial charge is 0.0588 e. The summed E-state index contributed by atoms with van der Waals surface area (Å²) in [4.78, 5) is 0. The molecule has 0 spiro atoms. The fourth-order valence-electron chi connectivity index (χ4n) is 2.26. The van der Waals surface area contributed by atoms with Gasteiger partial charge in [0.15, 0.2) is 0 Å². The van der Waals surface area contributed by atoms with Gasteiger partial charge in [0, 0.05) is 8.22 Å². The van der Waals surface area contributed by atoms with Crippen LogP contribution in [0.4, 0.5) is 0 Å². The van der Waals surface area contributed by atoms with Crippen LogP contribution in [0.15, 0.2) is 42.4 Å². The summed E-state index contributed by atoms with van der Waals surface area (Å²) in [5.41, 5.74) is 1.86. The first-order chi connectivity index (χ1) is 13.1. The lowest BCUT2D eigenvalue weighted by Gasteiger charge is -2.19. The molecule has 0 aliphatic carbocycles. The fraction of sp³-hybridized carbons (Fsp3) is 0.429. The van der Waals surface area contributed by atoms with Gasteiger partial charge in [0.05, 0.1) is 2.74 Å². The Bertz CT molecular complexity index is 853. The van der Waals surface area contributed by atoms with Gasteiger partial charge in [0.2, 0.25) is 0 Å². The Morgan fingerprint density at radius 1 is 0.905 bits per heavy atom. The first kappa shape index (κ1) is 8.17. The van der Waals surface area contributed by atoms with Crippen molar-refractivity contribution in [2.45, 2.75) is 59.2 Å². The summed E-state index contributed by atoms with van der Waals surface area (Å²) in [6, 6.07) is 8.99. The average Bonchev–Trinajstić information content (AvgIpc) is 2.54. The molecular weight excluding hydrogens is 252 g/mol. The highest BCUT2D eigenvalue weighted by atomic mass is 14.2. The fourth-order valence-corrected chi connectivity index (χ4v) is 2.26. The molecule has 0 nitrogen and oxygen atoms in total. The molecule has 0 aliphatic rings. The molecule has 0 bridgehead atoms.